The van der Waals surface area contributed by atoms with Crippen LogP contribution in [-0.2, 0) is 14.8 Å². The SMILES string of the molecule is CCNC(=O)N1CCC[C@H](NS(C)(=O)=O)[C@@H]1COC1CCC(c2ncccn2)CC1. The lowest BCUT2D eigenvalue weighted by molar-refractivity contribution is -0.0176. The maximum Gasteiger partial charge on any atom is 0.317 e. The molecule has 2 fully saturated rings. The second-order valence-electron chi connectivity index (χ2n) is 8.15. The Bertz CT molecular complexity index is 784. The van der Waals surface area contributed by atoms with Crippen molar-refractivity contribution in [2.24, 2.45) is 0 Å². The number of carbonyl (C=O) groups excluding carboxylic acids is 1. The number of carbonyl (C=O) groups is 1. The Hall–Kier alpha value is -1.78. The van der Waals surface area contributed by atoms with Crippen molar-refractivity contribution < 1.29 is 17.9 Å². The van der Waals surface area contributed by atoms with E-state index >= 15 is 0 Å². The fourth-order valence-electron chi connectivity index (χ4n) is 4.42. The van der Waals surface area contributed by atoms with Crippen LogP contribution >= 0.6 is 0 Å². The molecule has 1 aromatic rings. The highest BCUT2D eigenvalue weighted by Gasteiger charge is 2.37. The molecule has 2 N–H and O–H groups in total. The third-order valence-electron chi connectivity index (χ3n) is 5.86. The molecule has 0 aromatic carbocycles. The first-order valence-corrected chi connectivity index (χ1v) is 12.7. The largest absolute Gasteiger partial charge is 0.376 e. The zero-order valence-corrected chi connectivity index (χ0v) is 18.6. The Balaban J connectivity index is 1.59. The van der Waals surface area contributed by atoms with Gasteiger partial charge in [0.25, 0.3) is 0 Å². The average Bonchev–Trinajstić information content (AvgIpc) is 2.73. The third kappa shape index (κ3) is 6.36. The third-order valence-corrected chi connectivity index (χ3v) is 6.59. The standard InChI is InChI=1S/C20H33N5O4S/c1-3-21-20(26)25-13-4-6-17(24-30(2,27)28)18(25)14-29-16-9-7-15(8-10-16)19-22-11-5-12-23-19/h5,11-12,15-18,24H,3-4,6-10,13-14H2,1-2H3,(H,21,26)/t15?,16?,17-,18-/m0/s1. The van der Waals surface area contributed by atoms with Crippen molar-refractivity contribution in [1.29, 1.82) is 0 Å². The van der Waals surface area contributed by atoms with E-state index in [1.54, 1.807) is 17.3 Å². The zero-order chi connectivity index (χ0) is 21.6. The normalized spacial score (nSPS) is 27.6. The van der Waals surface area contributed by atoms with Crippen LogP contribution in [0.2, 0.25) is 0 Å². The van der Waals surface area contributed by atoms with Gasteiger partial charge < -0.3 is 15.0 Å². The zero-order valence-electron chi connectivity index (χ0n) is 17.8. The van der Waals surface area contributed by atoms with Crippen LogP contribution in [0.25, 0.3) is 0 Å². The van der Waals surface area contributed by atoms with Crippen LogP contribution < -0.4 is 10.0 Å². The highest BCUT2D eigenvalue weighted by Crippen LogP contribution is 2.32. The molecule has 1 saturated carbocycles. The number of aromatic nitrogens is 2. The van der Waals surface area contributed by atoms with Gasteiger partial charge in [0, 0.05) is 37.4 Å². The molecule has 3 rings (SSSR count). The minimum atomic E-state index is -3.38. The van der Waals surface area contributed by atoms with Crippen LogP contribution in [0, 0.1) is 0 Å². The lowest BCUT2D eigenvalue weighted by Gasteiger charge is -2.41. The van der Waals surface area contributed by atoms with Gasteiger partial charge in [-0.2, -0.15) is 0 Å². The molecule has 0 radical (unpaired) electrons. The van der Waals surface area contributed by atoms with Gasteiger partial charge >= 0.3 is 6.03 Å². The molecule has 0 spiro atoms. The number of likely N-dealkylation sites (tertiary alicyclic amines) is 1. The number of sulfonamides is 1. The molecule has 0 bridgehead atoms. The summed E-state index contributed by atoms with van der Waals surface area (Å²) in [6, 6.07) is 0.987. The van der Waals surface area contributed by atoms with Gasteiger partial charge in [-0.1, -0.05) is 0 Å². The maximum absolute atomic E-state index is 12.5. The predicted octanol–water partition coefficient (Wildman–Crippen LogP) is 1.63. The second kappa shape index (κ2) is 10.5. The van der Waals surface area contributed by atoms with Crippen molar-refractivity contribution in [3.05, 3.63) is 24.3 Å². The summed E-state index contributed by atoms with van der Waals surface area (Å²) < 4.78 is 32.6. The van der Waals surface area contributed by atoms with Crippen molar-refractivity contribution in [3.8, 4) is 0 Å². The molecule has 2 aliphatic rings. The van der Waals surface area contributed by atoms with Crippen LogP contribution in [0.5, 0.6) is 0 Å². The van der Waals surface area contributed by atoms with Gasteiger partial charge in [-0.3, -0.25) is 0 Å². The number of hydrogen-bond donors (Lipinski definition) is 2. The van der Waals surface area contributed by atoms with Crippen LogP contribution in [-0.4, -0.2) is 73.5 Å². The predicted molar refractivity (Wildman–Crippen MR) is 114 cm³/mol. The van der Waals surface area contributed by atoms with Crippen LogP contribution in [0.3, 0.4) is 0 Å². The van der Waals surface area contributed by atoms with Crippen LogP contribution in [0.4, 0.5) is 4.79 Å². The van der Waals surface area contributed by atoms with E-state index in [2.05, 4.69) is 20.0 Å². The highest BCUT2D eigenvalue weighted by molar-refractivity contribution is 7.88. The number of rotatable bonds is 7. The summed E-state index contributed by atoms with van der Waals surface area (Å²) in [5.41, 5.74) is 0. The van der Waals surface area contributed by atoms with Gasteiger partial charge in [0.15, 0.2) is 0 Å². The summed E-state index contributed by atoms with van der Waals surface area (Å²) >= 11 is 0. The topological polar surface area (TPSA) is 114 Å². The van der Waals surface area contributed by atoms with Crippen molar-refractivity contribution in [2.45, 2.75) is 69.6 Å². The summed E-state index contributed by atoms with van der Waals surface area (Å²) in [7, 11) is -3.38. The number of urea groups is 1. The molecule has 0 unspecified atom stereocenters. The smallest absolute Gasteiger partial charge is 0.317 e. The summed E-state index contributed by atoms with van der Waals surface area (Å²) in [5.74, 6) is 1.25. The number of amides is 2. The molecule has 1 aromatic heterocycles. The molecular formula is C20H33N5O4S. The first kappa shape index (κ1) is 22.9. The molecule has 10 heteroatoms. The summed E-state index contributed by atoms with van der Waals surface area (Å²) in [6.07, 6.45) is 9.98. The number of nitrogens with zero attached hydrogens (tertiary/aromatic N) is 3. The van der Waals surface area contributed by atoms with Gasteiger partial charge in [-0.05, 0) is 51.5 Å². The molecule has 9 nitrogen and oxygen atoms in total. The van der Waals surface area contributed by atoms with Crippen molar-refractivity contribution in [2.75, 3.05) is 26.0 Å². The van der Waals surface area contributed by atoms with Crippen LogP contribution in [0.15, 0.2) is 18.5 Å². The lowest BCUT2D eigenvalue weighted by atomic mass is 9.86. The van der Waals surface area contributed by atoms with Crippen LogP contribution in [0.1, 0.15) is 57.2 Å². The number of ether oxygens (including phenoxy) is 1. The van der Waals surface area contributed by atoms with Crippen molar-refractivity contribution in [1.82, 2.24) is 24.9 Å². The molecule has 168 valence electrons. The van der Waals surface area contributed by atoms with Gasteiger partial charge in [0.2, 0.25) is 10.0 Å². The fourth-order valence-corrected chi connectivity index (χ4v) is 5.25. The molecule has 2 atom stereocenters. The Kier molecular flexibility index (Phi) is 8.01. The molecular weight excluding hydrogens is 406 g/mol. The second-order valence-corrected chi connectivity index (χ2v) is 9.93. The highest BCUT2D eigenvalue weighted by atomic mass is 32.2. The molecule has 2 heterocycles. The van der Waals surface area contributed by atoms with Crippen molar-refractivity contribution >= 4 is 16.1 Å². The van der Waals surface area contributed by atoms with Gasteiger partial charge in [-0.25, -0.2) is 27.9 Å². The monoisotopic (exact) mass is 439 g/mol. The first-order valence-electron chi connectivity index (χ1n) is 10.8. The quantitative estimate of drug-likeness (QED) is 0.668. The van der Waals surface area contributed by atoms with E-state index in [9.17, 15) is 13.2 Å². The lowest BCUT2D eigenvalue weighted by Crippen LogP contribution is -2.60. The van der Waals surface area contributed by atoms with E-state index in [0.717, 1.165) is 44.2 Å². The molecule has 1 aliphatic carbocycles. The van der Waals surface area contributed by atoms with E-state index < -0.39 is 10.0 Å². The molecule has 30 heavy (non-hydrogen) atoms. The van der Waals surface area contributed by atoms with Gasteiger partial charge in [0.05, 0.1) is 25.0 Å². The molecule has 1 saturated heterocycles. The summed E-state index contributed by atoms with van der Waals surface area (Å²) in [5, 5.41) is 2.83. The van der Waals surface area contributed by atoms with E-state index in [0.29, 0.717) is 32.0 Å². The van der Waals surface area contributed by atoms with E-state index in [-0.39, 0.29) is 24.2 Å². The molecule has 1 aliphatic heterocycles. The number of piperidine rings is 1. The minimum absolute atomic E-state index is 0.0989. The van der Waals surface area contributed by atoms with E-state index in [1.807, 2.05) is 13.0 Å². The van der Waals surface area contributed by atoms with Crippen molar-refractivity contribution in [3.63, 3.8) is 0 Å². The first-order chi connectivity index (χ1) is 14.4. The van der Waals surface area contributed by atoms with E-state index in [1.165, 1.54) is 0 Å². The summed E-state index contributed by atoms with van der Waals surface area (Å²) in [6.45, 7) is 3.31. The number of hydrogen-bond acceptors (Lipinski definition) is 6. The summed E-state index contributed by atoms with van der Waals surface area (Å²) in [4.78, 5) is 23.0. The fraction of sp³-hybridized carbons (Fsp3) is 0.750. The molecule has 2 amide bonds. The van der Waals surface area contributed by atoms with E-state index in [4.69, 9.17) is 4.74 Å². The van der Waals surface area contributed by atoms with Gasteiger partial charge in [0.1, 0.15) is 5.82 Å². The maximum atomic E-state index is 12.5. The number of nitrogens with one attached hydrogen (secondary N) is 2. The minimum Gasteiger partial charge on any atom is -0.376 e. The van der Waals surface area contributed by atoms with Gasteiger partial charge in [-0.15, -0.1) is 0 Å². The Labute approximate surface area is 179 Å². The Morgan fingerprint density at radius 1 is 1.20 bits per heavy atom. The Morgan fingerprint density at radius 3 is 2.53 bits per heavy atom. The Morgan fingerprint density at radius 2 is 1.90 bits per heavy atom. The average molecular weight is 440 g/mol.